The van der Waals surface area contributed by atoms with E-state index in [-0.39, 0.29) is 17.2 Å². The van der Waals surface area contributed by atoms with Crippen molar-refractivity contribution in [1.82, 2.24) is 0 Å². The molecule has 8 heteroatoms. The molecule has 6 nitrogen and oxygen atoms in total. The van der Waals surface area contributed by atoms with E-state index in [9.17, 15) is 10.4 Å². The normalized spacial score (nSPS) is 14.9. The third-order valence-corrected chi connectivity index (χ3v) is 6.04. The first-order chi connectivity index (χ1) is 15.4. The van der Waals surface area contributed by atoms with E-state index in [0.29, 0.717) is 38.9 Å². The summed E-state index contributed by atoms with van der Waals surface area (Å²) in [6, 6.07) is 17.9. The van der Waals surface area contributed by atoms with Crippen LogP contribution in [-0.4, -0.2) is 12.2 Å². The molecule has 0 unspecified atom stereocenters. The number of aromatic hydroxyl groups is 1. The summed E-state index contributed by atoms with van der Waals surface area (Å²) in [7, 11) is 1.55. The molecule has 1 atom stereocenters. The van der Waals surface area contributed by atoms with Crippen LogP contribution in [0.2, 0.25) is 5.02 Å². The first kappa shape index (κ1) is 21.9. The number of benzene rings is 3. The summed E-state index contributed by atoms with van der Waals surface area (Å²) in [6.07, 6.45) is 0. The zero-order valence-corrected chi connectivity index (χ0v) is 19.3. The molecule has 0 saturated heterocycles. The Bertz CT molecular complexity index is 1250. The average molecular weight is 514 g/mol. The van der Waals surface area contributed by atoms with Crippen LogP contribution < -0.4 is 19.9 Å². The van der Waals surface area contributed by atoms with Crippen LogP contribution in [0.15, 0.2) is 70.5 Å². The van der Waals surface area contributed by atoms with Gasteiger partial charge in [0.2, 0.25) is 5.88 Å². The highest BCUT2D eigenvalue weighted by Gasteiger charge is 2.33. The molecular weight excluding hydrogens is 496 g/mol. The van der Waals surface area contributed by atoms with Gasteiger partial charge in [-0.3, -0.25) is 0 Å². The molecule has 4 rings (SSSR count). The lowest BCUT2D eigenvalue weighted by molar-refractivity contribution is 0.284. The maximum atomic E-state index is 9.84. The molecule has 0 aliphatic carbocycles. The second-order valence-corrected chi connectivity index (χ2v) is 8.38. The molecule has 0 amide bonds. The Morgan fingerprint density at radius 3 is 2.56 bits per heavy atom. The van der Waals surface area contributed by atoms with Gasteiger partial charge in [0.15, 0.2) is 11.5 Å². The first-order valence-corrected chi connectivity index (χ1v) is 10.7. The first-order valence-electron chi connectivity index (χ1n) is 9.56. The minimum atomic E-state index is -0.516. The molecular formula is C24H18BrClN2O4. The zero-order valence-electron chi connectivity index (χ0n) is 16.9. The third kappa shape index (κ3) is 4.20. The summed E-state index contributed by atoms with van der Waals surface area (Å²) in [4.78, 5) is 0. The smallest absolute Gasteiger partial charge is 0.205 e. The number of hydrogen-bond acceptors (Lipinski definition) is 6. The summed E-state index contributed by atoms with van der Waals surface area (Å²) >= 11 is 9.55. The Morgan fingerprint density at radius 1 is 1.12 bits per heavy atom. The molecule has 0 saturated carbocycles. The maximum Gasteiger partial charge on any atom is 0.205 e. The number of allylic oxidation sites excluding steroid dienone is 1. The molecule has 0 fully saturated rings. The van der Waals surface area contributed by atoms with Crippen molar-refractivity contribution >= 4 is 27.5 Å². The number of rotatable bonds is 5. The standard InChI is InChI=1S/C24H18BrClN2O4/c1-30-21-9-17(19(25)10-22(21)31-12-13-2-4-14(26)5-3-13)23-16-7-6-15(29)8-20(16)32-24(28)18(23)11-27/h2-10,23,29H,12,28H2,1H3/t23-/m1/s1. The fourth-order valence-electron chi connectivity index (χ4n) is 3.55. The molecule has 1 aliphatic heterocycles. The van der Waals surface area contributed by atoms with Crippen LogP contribution in [-0.2, 0) is 6.61 Å². The van der Waals surface area contributed by atoms with Crippen LogP contribution in [0.5, 0.6) is 23.0 Å². The average Bonchev–Trinajstić information content (AvgIpc) is 2.78. The lowest BCUT2D eigenvalue weighted by Gasteiger charge is -2.27. The van der Waals surface area contributed by atoms with Gasteiger partial charge in [-0.1, -0.05) is 45.7 Å². The van der Waals surface area contributed by atoms with Gasteiger partial charge in [-0.25, -0.2) is 0 Å². The molecule has 0 spiro atoms. The van der Waals surface area contributed by atoms with Crippen LogP contribution >= 0.6 is 27.5 Å². The van der Waals surface area contributed by atoms with Gasteiger partial charge in [0, 0.05) is 21.1 Å². The molecule has 3 N–H and O–H groups in total. The Kier molecular flexibility index (Phi) is 6.17. The summed E-state index contributed by atoms with van der Waals surface area (Å²) in [5, 5.41) is 20.3. The quantitative estimate of drug-likeness (QED) is 0.460. The molecule has 3 aromatic rings. The minimum absolute atomic E-state index is 0.00969. The van der Waals surface area contributed by atoms with E-state index in [1.807, 2.05) is 12.1 Å². The summed E-state index contributed by atoms with van der Waals surface area (Å²) in [5.41, 5.74) is 8.69. The topological polar surface area (TPSA) is 97.7 Å². The van der Waals surface area contributed by atoms with Crippen LogP contribution in [0.1, 0.15) is 22.6 Å². The van der Waals surface area contributed by atoms with Crippen LogP contribution in [0.3, 0.4) is 0 Å². The number of ether oxygens (including phenoxy) is 3. The van der Waals surface area contributed by atoms with Gasteiger partial charge in [-0.2, -0.15) is 5.26 Å². The fraction of sp³-hybridized carbons (Fsp3) is 0.125. The van der Waals surface area contributed by atoms with Gasteiger partial charge in [0.1, 0.15) is 29.7 Å². The van der Waals surface area contributed by atoms with Crippen molar-refractivity contribution in [1.29, 1.82) is 5.26 Å². The molecule has 32 heavy (non-hydrogen) atoms. The molecule has 1 heterocycles. The van der Waals surface area contributed by atoms with E-state index in [0.717, 1.165) is 11.1 Å². The number of hydrogen-bond donors (Lipinski definition) is 2. The SMILES string of the molecule is COc1cc([C@@H]2C(C#N)=C(N)Oc3cc(O)ccc32)c(Br)cc1OCc1ccc(Cl)cc1. The van der Waals surface area contributed by atoms with Crippen molar-refractivity contribution in [2.45, 2.75) is 12.5 Å². The van der Waals surface area contributed by atoms with E-state index in [4.69, 9.17) is 31.5 Å². The number of fused-ring (bicyclic) bond motifs is 1. The lowest BCUT2D eigenvalue weighted by Crippen LogP contribution is -2.21. The second-order valence-electron chi connectivity index (χ2n) is 7.09. The van der Waals surface area contributed by atoms with Crippen molar-refractivity contribution in [3.05, 3.63) is 92.2 Å². The molecule has 0 radical (unpaired) electrons. The van der Waals surface area contributed by atoms with E-state index < -0.39 is 5.92 Å². The Balaban J connectivity index is 1.74. The van der Waals surface area contributed by atoms with E-state index in [1.54, 1.807) is 43.5 Å². The van der Waals surface area contributed by atoms with Crippen molar-refractivity contribution in [3.63, 3.8) is 0 Å². The number of nitrogens with two attached hydrogens (primary N) is 1. The van der Waals surface area contributed by atoms with Crippen LogP contribution in [0.4, 0.5) is 0 Å². The number of halogens is 2. The van der Waals surface area contributed by atoms with Crippen molar-refractivity contribution in [2.24, 2.45) is 5.73 Å². The largest absolute Gasteiger partial charge is 0.508 e. The monoisotopic (exact) mass is 512 g/mol. The fourth-order valence-corrected chi connectivity index (χ4v) is 4.23. The number of nitriles is 1. The number of nitrogens with zero attached hydrogens (tertiary/aromatic N) is 1. The van der Waals surface area contributed by atoms with Gasteiger partial charge >= 0.3 is 0 Å². The van der Waals surface area contributed by atoms with Gasteiger partial charge in [-0.05, 0) is 41.5 Å². The van der Waals surface area contributed by atoms with Crippen molar-refractivity contribution in [2.75, 3.05) is 7.11 Å². The molecule has 162 valence electrons. The predicted octanol–water partition coefficient (Wildman–Crippen LogP) is 5.61. The summed E-state index contributed by atoms with van der Waals surface area (Å²) in [5.74, 6) is 0.938. The summed E-state index contributed by atoms with van der Waals surface area (Å²) in [6.45, 7) is 0.328. The Morgan fingerprint density at radius 2 is 1.88 bits per heavy atom. The second kappa shape index (κ2) is 9.03. The Hall–Kier alpha value is -3.34. The number of phenolic OH excluding ortho intramolecular Hbond substituents is 1. The maximum absolute atomic E-state index is 9.84. The zero-order chi connectivity index (χ0) is 22.8. The molecule has 1 aliphatic rings. The Labute approximate surface area is 198 Å². The van der Waals surface area contributed by atoms with Gasteiger partial charge in [-0.15, -0.1) is 0 Å². The van der Waals surface area contributed by atoms with Crippen molar-refractivity contribution in [3.8, 4) is 29.1 Å². The molecule has 0 aromatic heterocycles. The van der Waals surface area contributed by atoms with Gasteiger partial charge < -0.3 is 25.1 Å². The minimum Gasteiger partial charge on any atom is -0.508 e. The number of phenols is 1. The predicted molar refractivity (Wildman–Crippen MR) is 124 cm³/mol. The lowest BCUT2D eigenvalue weighted by atomic mass is 9.83. The van der Waals surface area contributed by atoms with Gasteiger partial charge in [0.05, 0.1) is 13.0 Å². The van der Waals surface area contributed by atoms with Crippen LogP contribution in [0.25, 0.3) is 0 Å². The van der Waals surface area contributed by atoms with Gasteiger partial charge in [0.25, 0.3) is 0 Å². The molecule has 3 aromatic carbocycles. The molecule has 0 bridgehead atoms. The van der Waals surface area contributed by atoms with Crippen LogP contribution in [0, 0.1) is 11.3 Å². The third-order valence-electron chi connectivity index (χ3n) is 5.10. The van der Waals surface area contributed by atoms with E-state index in [2.05, 4.69) is 22.0 Å². The van der Waals surface area contributed by atoms with E-state index >= 15 is 0 Å². The number of methoxy groups -OCH3 is 1. The highest BCUT2D eigenvalue weighted by atomic mass is 79.9. The summed E-state index contributed by atoms with van der Waals surface area (Å²) < 4.78 is 17.8. The highest BCUT2D eigenvalue weighted by Crippen LogP contribution is 2.47. The highest BCUT2D eigenvalue weighted by molar-refractivity contribution is 9.10. The van der Waals surface area contributed by atoms with Crippen molar-refractivity contribution < 1.29 is 19.3 Å². The van der Waals surface area contributed by atoms with E-state index in [1.165, 1.54) is 6.07 Å².